The van der Waals surface area contributed by atoms with E-state index >= 15 is 0 Å². The summed E-state index contributed by atoms with van der Waals surface area (Å²) >= 11 is 11.9. The van der Waals surface area contributed by atoms with Gasteiger partial charge in [-0.25, -0.2) is 13.8 Å². The summed E-state index contributed by atoms with van der Waals surface area (Å²) in [5, 5.41) is 7.53. The summed E-state index contributed by atoms with van der Waals surface area (Å²) in [5.74, 6) is -0.288. The SMILES string of the molecule is CCOc1ccccc1N(CC(=O)N/N=C\c1ccc(OCC(=O)Nc2cccc(Cl)c2)cc1)S(=O)(=O)c1ccc(Cl)cc1. The highest BCUT2D eigenvalue weighted by Gasteiger charge is 2.29. The summed E-state index contributed by atoms with van der Waals surface area (Å²) in [6, 6.07) is 25.6. The Kier molecular flexibility index (Phi) is 11.2. The van der Waals surface area contributed by atoms with Crippen LogP contribution in [-0.2, 0) is 19.6 Å². The maximum Gasteiger partial charge on any atom is 0.264 e. The van der Waals surface area contributed by atoms with E-state index in [4.69, 9.17) is 32.7 Å². The van der Waals surface area contributed by atoms with Crippen LogP contribution in [0, 0.1) is 0 Å². The van der Waals surface area contributed by atoms with Gasteiger partial charge < -0.3 is 14.8 Å². The number of amides is 2. The minimum Gasteiger partial charge on any atom is -0.492 e. The fraction of sp³-hybridized carbons (Fsp3) is 0.129. The Balaban J connectivity index is 1.39. The molecule has 0 unspecified atom stereocenters. The van der Waals surface area contributed by atoms with Crippen LogP contribution >= 0.6 is 23.2 Å². The smallest absolute Gasteiger partial charge is 0.264 e. The summed E-state index contributed by atoms with van der Waals surface area (Å²) < 4.78 is 39.4. The van der Waals surface area contributed by atoms with Crippen molar-refractivity contribution in [2.24, 2.45) is 5.10 Å². The predicted octanol–water partition coefficient (Wildman–Crippen LogP) is 5.76. The monoisotopic (exact) mass is 654 g/mol. The van der Waals surface area contributed by atoms with Gasteiger partial charge in [0.25, 0.3) is 21.8 Å². The van der Waals surface area contributed by atoms with Crippen molar-refractivity contribution < 1.29 is 27.5 Å². The third-order valence-corrected chi connectivity index (χ3v) is 8.14. The molecule has 2 amide bonds. The zero-order valence-electron chi connectivity index (χ0n) is 23.4. The van der Waals surface area contributed by atoms with Crippen LogP contribution in [0.3, 0.4) is 0 Å². The van der Waals surface area contributed by atoms with Gasteiger partial charge in [-0.15, -0.1) is 0 Å². The van der Waals surface area contributed by atoms with Crippen LogP contribution < -0.4 is 24.5 Å². The van der Waals surface area contributed by atoms with Gasteiger partial charge >= 0.3 is 0 Å². The summed E-state index contributed by atoms with van der Waals surface area (Å²) in [6.45, 7) is 1.28. The first-order valence-electron chi connectivity index (χ1n) is 13.3. The lowest BCUT2D eigenvalue weighted by atomic mass is 10.2. The van der Waals surface area contributed by atoms with E-state index in [1.54, 1.807) is 79.7 Å². The maximum atomic E-state index is 13.6. The van der Waals surface area contributed by atoms with Gasteiger partial charge in [0.1, 0.15) is 18.0 Å². The van der Waals surface area contributed by atoms with Crippen molar-refractivity contribution in [1.82, 2.24) is 5.43 Å². The first-order chi connectivity index (χ1) is 21.2. The number of hydrogen-bond acceptors (Lipinski definition) is 7. The standard InChI is InChI=1S/C31H28Cl2N4O6S/c1-2-42-29-9-4-3-8-28(29)37(44(40,41)27-16-12-23(32)13-17-27)20-30(38)36-34-19-22-10-14-26(15-11-22)43-21-31(39)35-25-7-5-6-24(33)18-25/h3-19H,2,20-21H2,1H3,(H,35,39)(H,36,38)/b34-19-. The minimum atomic E-state index is -4.19. The summed E-state index contributed by atoms with van der Waals surface area (Å²) in [6.07, 6.45) is 1.39. The number of hydrogen-bond donors (Lipinski definition) is 2. The Bertz CT molecular complexity index is 1730. The Labute approximate surface area is 265 Å². The Morgan fingerprint density at radius 1 is 0.864 bits per heavy atom. The number of rotatable bonds is 13. The molecule has 0 aromatic heterocycles. The van der Waals surface area contributed by atoms with Crippen LogP contribution in [0.4, 0.5) is 11.4 Å². The predicted molar refractivity (Wildman–Crippen MR) is 171 cm³/mol. The molecule has 4 rings (SSSR count). The topological polar surface area (TPSA) is 126 Å². The van der Waals surface area contributed by atoms with E-state index in [1.807, 2.05) is 0 Å². The lowest BCUT2D eigenvalue weighted by molar-refractivity contribution is -0.119. The number of hydrazone groups is 1. The maximum absolute atomic E-state index is 13.6. The molecule has 0 spiro atoms. The van der Waals surface area contributed by atoms with Gasteiger partial charge in [0, 0.05) is 15.7 Å². The summed E-state index contributed by atoms with van der Waals surface area (Å²) in [7, 11) is -4.19. The lowest BCUT2D eigenvalue weighted by Gasteiger charge is -2.25. The van der Waals surface area contributed by atoms with Crippen LogP contribution in [0.25, 0.3) is 0 Å². The van der Waals surface area contributed by atoms with Gasteiger partial charge in [0.15, 0.2) is 6.61 Å². The Hall–Kier alpha value is -4.58. The molecule has 13 heteroatoms. The van der Waals surface area contributed by atoms with Crippen molar-refractivity contribution in [1.29, 1.82) is 0 Å². The number of nitrogens with one attached hydrogen (secondary N) is 2. The molecule has 228 valence electrons. The van der Waals surface area contributed by atoms with Crippen LogP contribution in [0.1, 0.15) is 12.5 Å². The van der Waals surface area contributed by atoms with Crippen LogP contribution in [0.5, 0.6) is 11.5 Å². The molecule has 0 atom stereocenters. The molecule has 0 saturated heterocycles. The molecular formula is C31H28Cl2N4O6S. The molecule has 0 aliphatic heterocycles. The largest absolute Gasteiger partial charge is 0.492 e. The fourth-order valence-electron chi connectivity index (χ4n) is 3.88. The Morgan fingerprint density at radius 2 is 1.59 bits per heavy atom. The number of anilines is 2. The molecule has 0 fully saturated rings. The van der Waals surface area contributed by atoms with Crippen molar-refractivity contribution in [3.8, 4) is 11.5 Å². The van der Waals surface area contributed by atoms with E-state index < -0.39 is 22.5 Å². The van der Waals surface area contributed by atoms with E-state index in [9.17, 15) is 18.0 Å². The Morgan fingerprint density at radius 3 is 2.30 bits per heavy atom. The number of nitrogens with zero attached hydrogens (tertiary/aromatic N) is 2. The number of halogens is 2. The number of para-hydroxylation sites is 2. The highest BCUT2D eigenvalue weighted by molar-refractivity contribution is 7.92. The first kappa shape index (κ1) is 32.3. The zero-order valence-corrected chi connectivity index (χ0v) is 25.8. The van der Waals surface area contributed by atoms with Gasteiger partial charge in [0.05, 0.1) is 23.4 Å². The average Bonchev–Trinajstić information content (AvgIpc) is 3.00. The number of sulfonamides is 1. The molecule has 0 radical (unpaired) electrons. The number of carbonyl (C=O) groups is 2. The highest BCUT2D eigenvalue weighted by Crippen LogP contribution is 2.32. The number of carbonyl (C=O) groups excluding carboxylic acids is 2. The van der Waals surface area contributed by atoms with Crippen LogP contribution in [-0.4, -0.2) is 46.2 Å². The molecule has 0 aliphatic rings. The highest BCUT2D eigenvalue weighted by atomic mass is 35.5. The third kappa shape index (κ3) is 8.96. The van der Waals surface area contributed by atoms with E-state index in [0.717, 1.165) is 4.31 Å². The average molecular weight is 656 g/mol. The second kappa shape index (κ2) is 15.2. The van der Waals surface area contributed by atoms with Crippen molar-refractivity contribution >= 4 is 62.6 Å². The molecule has 0 aliphatic carbocycles. The molecule has 4 aromatic rings. The van der Waals surface area contributed by atoms with Crippen LogP contribution in [0.15, 0.2) is 107 Å². The van der Waals surface area contributed by atoms with Crippen LogP contribution in [0.2, 0.25) is 10.0 Å². The molecule has 0 saturated carbocycles. The summed E-state index contributed by atoms with van der Waals surface area (Å²) in [5.41, 5.74) is 3.74. The van der Waals surface area contributed by atoms with E-state index in [-0.39, 0.29) is 23.1 Å². The molecule has 0 heterocycles. The quantitative estimate of drug-likeness (QED) is 0.140. The molecule has 44 heavy (non-hydrogen) atoms. The van der Waals surface area contributed by atoms with E-state index in [1.165, 1.54) is 30.5 Å². The van der Waals surface area contributed by atoms with Gasteiger partial charge in [-0.05, 0) is 91.3 Å². The van der Waals surface area contributed by atoms with Crippen molar-refractivity contribution in [3.63, 3.8) is 0 Å². The fourth-order valence-corrected chi connectivity index (χ4v) is 5.63. The lowest BCUT2D eigenvalue weighted by Crippen LogP contribution is -2.39. The zero-order chi connectivity index (χ0) is 31.5. The molecule has 10 nitrogen and oxygen atoms in total. The third-order valence-electron chi connectivity index (χ3n) is 5.88. The number of ether oxygens (including phenoxy) is 2. The van der Waals surface area contributed by atoms with Gasteiger partial charge in [-0.3, -0.25) is 13.9 Å². The first-order valence-corrected chi connectivity index (χ1v) is 15.5. The molecule has 2 N–H and O–H groups in total. The second-order valence-electron chi connectivity index (χ2n) is 9.08. The van der Waals surface area contributed by atoms with Crippen molar-refractivity contribution in [3.05, 3.63) is 113 Å². The van der Waals surface area contributed by atoms with Crippen molar-refractivity contribution in [2.45, 2.75) is 11.8 Å². The van der Waals surface area contributed by atoms with Gasteiger partial charge in [-0.2, -0.15) is 5.10 Å². The van der Waals surface area contributed by atoms with Gasteiger partial charge in [0.2, 0.25) is 0 Å². The number of benzene rings is 4. The molecular weight excluding hydrogens is 627 g/mol. The van der Waals surface area contributed by atoms with E-state index in [0.29, 0.717) is 39.4 Å². The second-order valence-corrected chi connectivity index (χ2v) is 11.8. The van der Waals surface area contributed by atoms with E-state index in [2.05, 4.69) is 15.8 Å². The summed E-state index contributed by atoms with van der Waals surface area (Å²) in [4.78, 5) is 25.0. The normalized spacial score (nSPS) is 11.2. The van der Waals surface area contributed by atoms with Crippen molar-refractivity contribution in [2.75, 3.05) is 29.4 Å². The molecule has 0 bridgehead atoms. The molecule has 4 aromatic carbocycles. The van der Waals surface area contributed by atoms with Gasteiger partial charge in [-0.1, -0.05) is 41.4 Å². The minimum absolute atomic E-state index is 0.0474.